The molecule has 0 unspecified atom stereocenters. The number of aromatic nitrogens is 2. The van der Waals surface area contributed by atoms with E-state index in [1.807, 2.05) is 43.3 Å². The number of anilines is 3. The van der Waals surface area contributed by atoms with Gasteiger partial charge in [-0.2, -0.15) is 0 Å². The number of aryl methyl sites for hydroxylation is 1. The molecule has 3 rings (SSSR count). The minimum absolute atomic E-state index is 0.228. The predicted molar refractivity (Wildman–Crippen MR) is 104 cm³/mol. The molecule has 0 aliphatic carbocycles. The third-order valence-corrected chi connectivity index (χ3v) is 3.84. The van der Waals surface area contributed by atoms with Crippen LogP contribution >= 0.6 is 0 Å². The van der Waals surface area contributed by atoms with Gasteiger partial charge in [0.1, 0.15) is 17.2 Å². The Labute approximate surface area is 157 Å². The summed E-state index contributed by atoms with van der Waals surface area (Å²) < 4.78 is 10.6. The number of carbonyl (C=O) groups excluding carboxylic acids is 1. The van der Waals surface area contributed by atoms with Crippen LogP contribution < -0.4 is 20.1 Å². The fourth-order valence-electron chi connectivity index (χ4n) is 2.52. The van der Waals surface area contributed by atoms with Gasteiger partial charge in [-0.25, -0.2) is 9.97 Å². The van der Waals surface area contributed by atoms with Crippen molar-refractivity contribution in [1.82, 2.24) is 9.97 Å². The van der Waals surface area contributed by atoms with Crippen LogP contribution in [0, 0.1) is 6.92 Å². The Hall–Kier alpha value is -3.61. The molecule has 7 nitrogen and oxygen atoms in total. The summed E-state index contributed by atoms with van der Waals surface area (Å²) in [5.74, 6) is 1.17. The van der Waals surface area contributed by atoms with E-state index in [1.54, 1.807) is 26.4 Å². The standard InChI is InChI=1S/C20H20N4O3/c1-13-8-9-18(27-3)16(12-13)22-19(25)15-10-11-21-20(24-15)23-14-6-4-5-7-17(14)26-2/h4-12H,1-3H3,(H,22,25)(H,21,23,24). The summed E-state index contributed by atoms with van der Waals surface area (Å²) in [6.07, 6.45) is 1.52. The molecule has 0 spiro atoms. The minimum Gasteiger partial charge on any atom is -0.495 e. The quantitative estimate of drug-likeness (QED) is 0.692. The maximum absolute atomic E-state index is 12.6. The molecule has 0 radical (unpaired) electrons. The van der Waals surface area contributed by atoms with E-state index in [1.165, 1.54) is 6.20 Å². The number of methoxy groups -OCH3 is 2. The topological polar surface area (TPSA) is 85.4 Å². The third-order valence-electron chi connectivity index (χ3n) is 3.84. The number of nitrogens with zero attached hydrogens (tertiary/aromatic N) is 2. The van der Waals surface area contributed by atoms with Gasteiger partial charge in [0.2, 0.25) is 5.95 Å². The molecule has 0 aliphatic rings. The number of ether oxygens (including phenoxy) is 2. The Kier molecular flexibility index (Phi) is 5.51. The highest BCUT2D eigenvalue weighted by Gasteiger charge is 2.13. The zero-order chi connectivity index (χ0) is 19.2. The highest BCUT2D eigenvalue weighted by molar-refractivity contribution is 6.03. The van der Waals surface area contributed by atoms with Gasteiger partial charge >= 0.3 is 0 Å². The first-order valence-corrected chi connectivity index (χ1v) is 8.30. The number of nitrogens with one attached hydrogen (secondary N) is 2. The van der Waals surface area contributed by atoms with Crippen molar-refractivity contribution in [3.05, 3.63) is 66.0 Å². The van der Waals surface area contributed by atoms with Gasteiger partial charge in [-0.3, -0.25) is 4.79 Å². The minimum atomic E-state index is -0.357. The number of amides is 1. The second-order valence-corrected chi connectivity index (χ2v) is 5.75. The lowest BCUT2D eigenvalue weighted by Crippen LogP contribution is -2.15. The molecule has 27 heavy (non-hydrogen) atoms. The Balaban J connectivity index is 1.81. The summed E-state index contributed by atoms with van der Waals surface area (Å²) in [6, 6.07) is 14.5. The lowest BCUT2D eigenvalue weighted by Gasteiger charge is -2.12. The molecule has 0 saturated carbocycles. The molecule has 2 N–H and O–H groups in total. The SMILES string of the molecule is COc1ccc(C)cc1NC(=O)c1ccnc(Nc2ccccc2OC)n1. The Morgan fingerprint density at radius 1 is 0.963 bits per heavy atom. The van der Waals surface area contributed by atoms with Crippen molar-refractivity contribution in [1.29, 1.82) is 0 Å². The van der Waals surface area contributed by atoms with Gasteiger partial charge in [0.15, 0.2) is 0 Å². The van der Waals surface area contributed by atoms with Crippen molar-refractivity contribution < 1.29 is 14.3 Å². The highest BCUT2D eigenvalue weighted by atomic mass is 16.5. The molecular formula is C20H20N4O3. The lowest BCUT2D eigenvalue weighted by atomic mass is 10.2. The predicted octanol–water partition coefficient (Wildman–Crippen LogP) is 3.80. The first kappa shape index (κ1) is 18.2. The molecule has 7 heteroatoms. The van der Waals surface area contributed by atoms with E-state index in [0.717, 1.165) is 5.56 Å². The van der Waals surface area contributed by atoms with E-state index >= 15 is 0 Å². The third kappa shape index (κ3) is 4.33. The normalized spacial score (nSPS) is 10.2. The van der Waals surface area contributed by atoms with Crippen LogP contribution in [0.3, 0.4) is 0 Å². The molecule has 1 aromatic heterocycles. The van der Waals surface area contributed by atoms with Crippen molar-refractivity contribution in [2.24, 2.45) is 0 Å². The van der Waals surface area contributed by atoms with Gasteiger partial charge in [-0.1, -0.05) is 18.2 Å². The van der Waals surface area contributed by atoms with Crippen LogP contribution in [0.25, 0.3) is 0 Å². The van der Waals surface area contributed by atoms with Crippen molar-refractivity contribution in [3.8, 4) is 11.5 Å². The van der Waals surface area contributed by atoms with Crippen LogP contribution in [0.1, 0.15) is 16.1 Å². The number of hydrogen-bond donors (Lipinski definition) is 2. The molecule has 0 saturated heterocycles. The molecular weight excluding hydrogens is 344 g/mol. The number of para-hydroxylation sites is 2. The van der Waals surface area contributed by atoms with E-state index in [4.69, 9.17) is 9.47 Å². The Morgan fingerprint density at radius 3 is 2.48 bits per heavy atom. The summed E-state index contributed by atoms with van der Waals surface area (Å²) in [5, 5.41) is 5.89. The number of benzene rings is 2. The van der Waals surface area contributed by atoms with Gasteiger partial charge in [0.05, 0.1) is 25.6 Å². The molecule has 0 aliphatic heterocycles. The van der Waals surface area contributed by atoms with Crippen LogP contribution in [0.5, 0.6) is 11.5 Å². The van der Waals surface area contributed by atoms with E-state index in [0.29, 0.717) is 28.8 Å². The molecule has 0 atom stereocenters. The summed E-state index contributed by atoms with van der Waals surface area (Å²) in [7, 11) is 3.14. The van der Waals surface area contributed by atoms with E-state index in [-0.39, 0.29) is 11.6 Å². The zero-order valence-corrected chi connectivity index (χ0v) is 15.3. The fourth-order valence-corrected chi connectivity index (χ4v) is 2.52. The van der Waals surface area contributed by atoms with Crippen molar-refractivity contribution in [2.45, 2.75) is 6.92 Å². The summed E-state index contributed by atoms with van der Waals surface area (Å²) in [5.41, 5.74) is 2.52. The van der Waals surface area contributed by atoms with Crippen LogP contribution in [-0.2, 0) is 0 Å². The van der Waals surface area contributed by atoms with Crippen LogP contribution in [0.15, 0.2) is 54.7 Å². The number of carbonyl (C=O) groups is 1. The van der Waals surface area contributed by atoms with Crippen molar-refractivity contribution in [2.75, 3.05) is 24.9 Å². The van der Waals surface area contributed by atoms with Crippen molar-refractivity contribution in [3.63, 3.8) is 0 Å². The first-order chi connectivity index (χ1) is 13.1. The average molecular weight is 364 g/mol. The second-order valence-electron chi connectivity index (χ2n) is 5.75. The molecule has 0 fully saturated rings. The summed E-state index contributed by atoms with van der Waals surface area (Å²) in [4.78, 5) is 21.1. The maximum atomic E-state index is 12.6. The van der Waals surface area contributed by atoms with Crippen LogP contribution in [-0.4, -0.2) is 30.1 Å². The first-order valence-electron chi connectivity index (χ1n) is 8.30. The smallest absolute Gasteiger partial charge is 0.274 e. The molecule has 1 heterocycles. The molecule has 1 amide bonds. The van der Waals surface area contributed by atoms with E-state index < -0.39 is 0 Å². The Morgan fingerprint density at radius 2 is 1.70 bits per heavy atom. The second kappa shape index (κ2) is 8.18. The highest BCUT2D eigenvalue weighted by Crippen LogP contribution is 2.27. The van der Waals surface area contributed by atoms with Crippen molar-refractivity contribution >= 4 is 23.2 Å². The van der Waals surface area contributed by atoms with Gasteiger partial charge in [-0.15, -0.1) is 0 Å². The average Bonchev–Trinajstić information content (AvgIpc) is 2.69. The fraction of sp³-hybridized carbons (Fsp3) is 0.150. The Bertz CT molecular complexity index is 959. The molecule has 3 aromatic rings. The lowest BCUT2D eigenvalue weighted by molar-refractivity contribution is 0.102. The number of hydrogen-bond acceptors (Lipinski definition) is 6. The summed E-state index contributed by atoms with van der Waals surface area (Å²) >= 11 is 0. The van der Waals surface area contributed by atoms with E-state index in [2.05, 4.69) is 20.6 Å². The number of rotatable bonds is 6. The molecule has 138 valence electrons. The largest absolute Gasteiger partial charge is 0.495 e. The van der Waals surface area contributed by atoms with Crippen LogP contribution in [0.4, 0.5) is 17.3 Å². The van der Waals surface area contributed by atoms with Gasteiger partial charge in [0.25, 0.3) is 5.91 Å². The van der Waals surface area contributed by atoms with E-state index in [9.17, 15) is 4.79 Å². The van der Waals surface area contributed by atoms with Gasteiger partial charge < -0.3 is 20.1 Å². The van der Waals surface area contributed by atoms with Gasteiger partial charge in [-0.05, 0) is 42.8 Å². The summed E-state index contributed by atoms with van der Waals surface area (Å²) in [6.45, 7) is 1.94. The molecule has 2 aromatic carbocycles. The molecule has 0 bridgehead atoms. The zero-order valence-electron chi connectivity index (χ0n) is 15.3. The van der Waals surface area contributed by atoms with Gasteiger partial charge in [0, 0.05) is 6.20 Å². The monoisotopic (exact) mass is 364 g/mol. The van der Waals surface area contributed by atoms with Crippen LogP contribution in [0.2, 0.25) is 0 Å². The maximum Gasteiger partial charge on any atom is 0.274 e.